The summed E-state index contributed by atoms with van der Waals surface area (Å²) >= 11 is 0. The summed E-state index contributed by atoms with van der Waals surface area (Å²) in [6.07, 6.45) is 8.33. The number of nitrogens with one attached hydrogen (secondary N) is 1. The van der Waals surface area contributed by atoms with Crippen molar-refractivity contribution in [3.63, 3.8) is 0 Å². The molecule has 0 spiro atoms. The maximum Gasteiger partial charge on any atom is 0.0107 e. The SMILES string of the molecule is CCCCNCCN1CCC(CN2CCCC2)CC1. The van der Waals surface area contributed by atoms with Crippen LogP contribution in [-0.4, -0.2) is 62.2 Å². The Morgan fingerprint density at radius 2 is 1.68 bits per heavy atom. The van der Waals surface area contributed by atoms with Crippen LogP contribution < -0.4 is 5.32 Å². The molecule has 2 rings (SSSR count). The summed E-state index contributed by atoms with van der Waals surface area (Å²) in [5.41, 5.74) is 0. The Labute approximate surface area is 119 Å². The number of rotatable bonds is 8. The first kappa shape index (κ1) is 15.3. The van der Waals surface area contributed by atoms with E-state index >= 15 is 0 Å². The molecule has 0 aromatic rings. The van der Waals surface area contributed by atoms with Crippen LogP contribution in [0, 0.1) is 5.92 Å². The zero-order valence-electron chi connectivity index (χ0n) is 12.9. The van der Waals surface area contributed by atoms with Gasteiger partial charge in [-0.2, -0.15) is 0 Å². The molecule has 2 saturated heterocycles. The number of hydrogen-bond donors (Lipinski definition) is 1. The van der Waals surface area contributed by atoms with Gasteiger partial charge in [-0.05, 0) is 70.7 Å². The van der Waals surface area contributed by atoms with Crippen LogP contribution in [0.1, 0.15) is 45.4 Å². The van der Waals surface area contributed by atoms with Gasteiger partial charge in [0, 0.05) is 19.6 Å². The van der Waals surface area contributed by atoms with Crippen LogP contribution >= 0.6 is 0 Å². The Bertz CT molecular complexity index is 218. The van der Waals surface area contributed by atoms with Crippen LogP contribution in [0.25, 0.3) is 0 Å². The van der Waals surface area contributed by atoms with Gasteiger partial charge < -0.3 is 15.1 Å². The third-order valence-corrected chi connectivity index (χ3v) is 4.73. The predicted octanol–water partition coefficient (Wildman–Crippen LogP) is 2.18. The average molecular weight is 267 g/mol. The molecule has 3 nitrogen and oxygen atoms in total. The molecule has 0 aromatic carbocycles. The lowest BCUT2D eigenvalue weighted by Crippen LogP contribution is -2.41. The van der Waals surface area contributed by atoms with Crippen molar-refractivity contribution in [1.29, 1.82) is 0 Å². The first-order valence-corrected chi connectivity index (χ1v) is 8.54. The highest BCUT2D eigenvalue weighted by atomic mass is 15.2. The van der Waals surface area contributed by atoms with Crippen molar-refractivity contribution in [2.45, 2.75) is 45.4 Å². The molecule has 2 fully saturated rings. The second-order valence-electron chi connectivity index (χ2n) is 6.40. The van der Waals surface area contributed by atoms with E-state index in [4.69, 9.17) is 0 Å². The average Bonchev–Trinajstić information content (AvgIpc) is 2.93. The predicted molar refractivity (Wildman–Crippen MR) is 82.6 cm³/mol. The maximum atomic E-state index is 3.55. The number of unbranched alkanes of at least 4 members (excludes halogenated alkanes) is 1. The van der Waals surface area contributed by atoms with Crippen LogP contribution in [-0.2, 0) is 0 Å². The molecule has 3 heteroatoms. The molecule has 0 radical (unpaired) electrons. The summed E-state index contributed by atoms with van der Waals surface area (Å²) < 4.78 is 0. The van der Waals surface area contributed by atoms with E-state index in [0.717, 1.165) is 5.92 Å². The van der Waals surface area contributed by atoms with Gasteiger partial charge in [-0.3, -0.25) is 0 Å². The number of nitrogens with zero attached hydrogens (tertiary/aromatic N) is 2. The lowest BCUT2D eigenvalue weighted by atomic mass is 9.96. The van der Waals surface area contributed by atoms with Crippen molar-refractivity contribution in [3.05, 3.63) is 0 Å². The highest BCUT2D eigenvalue weighted by molar-refractivity contribution is 4.77. The van der Waals surface area contributed by atoms with Crippen LogP contribution in [0.2, 0.25) is 0 Å². The Hall–Kier alpha value is -0.120. The molecule has 19 heavy (non-hydrogen) atoms. The number of piperidine rings is 1. The van der Waals surface area contributed by atoms with Gasteiger partial charge >= 0.3 is 0 Å². The summed E-state index contributed by atoms with van der Waals surface area (Å²) in [5, 5.41) is 3.55. The molecule has 0 aliphatic carbocycles. The van der Waals surface area contributed by atoms with Crippen molar-refractivity contribution in [2.24, 2.45) is 5.92 Å². The van der Waals surface area contributed by atoms with E-state index < -0.39 is 0 Å². The van der Waals surface area contributed by atoms with E-state index in [2.05, 4.69) is 22.0 Å². The molecule has 1 N–H and O–H groups in total. The highest BCUT2D eigenvalue weighted by Crippen LogP contribution is 2.20. The maximum absolute atomic E-state index is 3.55. The van der Waals surface area contributed by atoms with Crippen molar-refractivity contribution < 1.29 is 0 Å². The number of likely N-dealkylation sites (tertiary alicyclic amines) is 2. The van der Waals surface area contributed by atoms with Gasteiger partial charge in [0.25, 0.3) is 0 Å². The van der Waals surface area contributed by atoms with E-state index in [9.17, 15) is 0 Å². The van der Waals surface area contributed by atoms with Crippen molar-refractivity contribution >= 4 is 0 Å². The molecule has 2 aliphatic heterocycles. The first-order chi connectivity index (χ1) is 9.38. The Morgan fingerprint density at radius 1 is 0.947 bits per heavy atom. The van der Waals surface area contributed by atoms with Crippen molar-refractivity contribution in [1.82, 2.24) is 15.1 Å². The Kier molecular flexibility index (Phi) is 7.18. The van der Waals surface area contributed by atoms with E-state index in [0.29, 0.717) is 0 Å². The number of hydrogen-bond acceptors (Lipinski definition) is 3. The van der Waals surface area contributed by atoms with E-state index in [1.54, 1.807) is 0 Å². The van der Waals surface area contributed by atoms with Gasteiger partial charge in [-0.25, -0.2) is 0 Å². The fraction of sp³-hybridized carbons (Fsp3) is 1.00. The van der Waals surface area contributed by atoms with Gasteiger partial charge in [0.1, 0.15) is 0 Å². The van der Waals surface area contributed by atoms with Gasteiger partial charge in [0.15, 0.2) is 0 Å². The molecule has 0 bridgehead atoms. The van der Waals surface area contributed by atoms with E-state index in [1.807, 2.05) is 0 Å². The molecule has 2 aliphatic rings. The second-order valence-corrected chi connectivity index (χ2v) is 6.40. The van der Waals surface area contributed by atoms with Gasteiger partial charge in [-0.15, -0.1) is 0 Å². The lowest BCUT2D eigenvalue weighted by molar-refractivity contribution is 0.154. The van der Waals surface area contributed by atoms with E-state index in [-0.39, 0.29) is 0 Å². The van der Waals surface area contributed by atoms with Gasteiger partial charge in [0.2, 0.25) is 0 Å². The normalized spacial score (nSPS) is 23.2. The van der Waals surface area contributed by atoms with E-state index in [1.165, 1.54) is 90.9 Å². The van der Waals surface area contributed by atoms with Crippen LogP contribution in [0.5, 0.6) is 0 Å². The quantitative estimate of drug-likeness (QED) is 0.680. The molecule has 0 aromatic heterocycles. The minimum atomic E-state index is 0.974. The summed E-state index contributed by atoms with van der Waals surface area (Å²) in [4.78, 5) is 5.34. The first-order valence-electron chi connectivity index (χ1n) is 8.54. The highest BCUT2D eigenvalue weighted by Gasteiger charge is 2.22. The summed E-state index contributed by atoms with van der Waals surface area (Å²) in [7, 11) is 0. The molecule has 0 amide bonds. The van der Waals surface area contributed by atoms with Crippen LogP contribution in [0.3, 0.4) is 0 Å². The fourth-order valence-corrected chi connectivity index (χ4v) is 3.39. The molecule has 2 heterocycles. The van der Waals surface area contributed by atoms with Crippen molar-refractivity contribution in [2.75, 3.05) is 52.4 Å². The summed E-state index contributed by atoms with van der Waals surface area (Å²) in [6.45, 7) is 12.6. The molecule has 0 atom stereocenters. The second kappa shape index (κ2) is 8.93. The molecule has 0 saturated carbocycles. The largest absolute Gasteiger partial charge is 0.315 e. The minimum absolute atomic E-state index is 0.974. The standard InChI is InChI=1S/C16H33N3/c1-2-3-8-17-9-14-18-12-6-16(7-13-18)15-19-10-4-5-11-19/h16-17H,2-15H2,1H3. The van der Waals surface area contributed by atoms with Crippen LogP contribution in [0.4, 0.5) is 0 Å². The fourth-order valence-electron chi connectivity index (χ4n) is 3.39. The van der Waals surface area contributed by atoms with Crippen molar-refractivity contribution in [3.8, 4) is 0 Å². The Balaban J connectivity index is 1.50. The topological polar surface area (TPSA) is 18.5 Å². The molecular formula is C16H33N3. The third kappa shape index (κ3) is 5.80. The van der Waals surface area contributed by atoms with Gasteiger partial charge in [0.05, 0.1) is 0 Å². The zero-order chi connectivity index (χ0) is 13.3. The van der Waals surface area contributed by atoms with Crippen LogP contribution in [0.15, 0.2) is 0 Å². The lowest BCUT2D eigenvalue weighted by Gasteiger charge is -2.33. The monoisotopic (exact) mass is 267 g/mol. The third-order valence-electron chi connectivity index (χ3n) is 4.73. The smallest absolute Gasteiger partial charge is 0.0107 e. The zero-order valence-corrected chi connectivity index (χ0v) is 12.9. The minimum Gasteiger partial charge on any atom is -0.315 e. The molecule has 112 valence electrons. The summed E-state index contributed by atoms with van der Waals surface area (Å²) in [5.74, 6) is 0.974. The molecule has 0 unspecified atom stereocenters. The molecular weight excluding hydrogens is 234 g/mol. The Morgan fingerprint density at radius 3 is 2.37 bits per heavy atom. The van der Waals surface area contributed by atoms with Gasteiger partial charge in [-0.1, -0.05) is 13.3 Å². The summed E-state index contributed by atoms with van der Waals surface area (Å²) in [6, 6.07) is 0.